The summed E-state index contributed by atoms with van der Waals surface area (Å²) in [5.74, 6) is -0.492. The zero-order valence-corrected chi connectivity index (χ0v) is 10.9. The Kier molecular flexibility index (Phi) is 3.85. The molecule has 5 nitrogen and oxygen atoms in total. The van der Waals surface area contributed by atoms with Gasteiger partial charge in [-0.15, -0.1) is 0 Å². The van der Waals surface area contributed by atoms with E-state index in [-0.39, 0.29) is 5.76 Å². The maximum absolute atomic E-state index is 10.7. The SMILES string of the molecule is CC(C)c1ccccc1NCc1ncc(C(=O)O)o1. The Labute approximate surface area is 111 Å². The second-order valence-electron chi connectivity index (χ2n) is 4.52. The predicted octanol–water partition coefficient (Wildman–Crippen LogP) is 3.11. The van der Waals surface area contributed by atoms with Crippen LogP contribution in [-0.2, 0) is 6.54 Å². The van der Waals surface area contributed by atoms with Crippen LogP contribution >= 0.6 is 0 Å². The normalized spacial score (nSPS) is 10.7. The summed E-state index contributed by atoms with van der Waals surface area (Å²) in [5, 5.41) is 12.0. The quantitative estimate of drug-likeness (QED) is 0.863. The summed E-state index contributed by atoms with van der Waals surface area (Å²) in [5.41, 5.74) is 2.21. The largest absolute Gasteiger partial charge is 0.475 e. The number of para-hydroxylation sites is 1. The van der Waals surface area contributed by atoms with Gasteiger partial charge in [0.1, 0.15) is 0 Å². The number of carboxylic acid groups (broad SMARTS) is 1. The highest BCUT2D eigenvalue weighted by Crippen LogP contribution is 2.24. The lowest BCUT2D eigenvalue weighted by Gasteiger charge is -2.13. The minimum atomic E-state index is -1.11. The van der Waals surface area contributed by atoms with Gasteiger partial charge in [-0.05, 0) is 17.5 Å². The average molecular weight is 260 g/mol. The van der Waals surface area contributed by atoms with Gasteiger partial charge < -0.3 is 14.8 Å². The summed E-state index contributed by atoms with van der Waals surface area (Å²) in [6, 6.07) is 7.99. The smallest absolute Gasteiger partial charge is 0.373 e. The van der Waals surface area contributed by atoms with E-state index in [1.54, 1.807) is 0 Å². The number of nitrogens with one attached hydrogen (secondary N) is 1. The van der Waals surface area contributed by atoms with Gasteiger partial charge in [0.2, 0.25) is 11.7 Å². The average Bonchev–Trinajstić information content (AvgIpc) is 2.85. The summed E-state index contributed by atoms with van der Waals surface area (Å²) in [6.45, 7) is 4.60. The van der Waals surface area contributed by atoms with Gasteiger partial charge in [-0.3, -0.25) is 0 Å². The highest BCUT2D eigenvalue weighted by molar-refractivity contribution is 5.83. The van der Waals surface area contributed by atoms with Gasteiger partial charge in [-0.2, -0.15) is 0 Å². The van der Waals surface area contributed by atoms with Crippen LogP contribution in [0.2, 0.25) is 0 Å². The maximum atomic E-state index is 10.7. The van der Waals surface area contributed by atoms with Crippen molar-refractivity contribution in [2.75, 3.05) is 5.32 Å². The molecule has 0 fully saturated rings. The minimum Gasteiger partial charge on any atom is -0.475 e. The van der Waals surface area contributed by atoms with E-state index in [1.165, 1.54) is 11.8 Å². The van der Waals surface area contributed by atoms with Gasteiger partial charge in [0.05, 0.1) is 12.7 Å². The first kappa shape index (κ1) is 13.1. The number of hydrogen-bond donors (Lipinski definition) is 2. The molecule has 0 aliphatic heterocycles. The number of oxazole rings is 1. The lowest BCUT2D eigenvalue weighted by atomic mass is 10.0. The Morgan fingerprint density at radius 2 is 2.16 bits per heavy atom. The molecule has 0 saturated carbocycles. The molecule has 1 aromatic heterocycles. The monoisotopic (exact) mass is 260 g/mol. The number of carbonyl (C=O) groups is 1. The van der Waals surface area contributed by atoms with Gasteiger partial charge in [-0.25, -0.2) is 9.78 Å². The molecule has 0 spiro atoms. The zero-order valence-electron chi connectivity index (χ0n) is 10.9. The number of rotatable bonds is 5. The van der Waals surface area contributed by atoms with Crippen LogP contribution < -0.4 is 5.32 Å². The van der Waals surface area contributed by atoms with Crippen molar-refractivity contribution in [1.82, 2.24) is 4.98 Å². The first-order valence-corrected chi connectivity index (χ1v) is 6.08. The van der Waals surface area contributed by atoms with E-state index in [0.717, 1.165) is 5.69 Å². The molecule has 0 bridgehead atoms. The molecule has 0 saturated heterocycles. The maximum Gasteiger partial charge on any atom is 0.373 e. The van der Waals surface area contributed by atoms with Crippen molar-refractivity contribution in [1.29, 1.82) is 0 Å². The molecule has 100 valence electrons. The molecule has 2 N–H and O–H groups in total. The Hall–Kier alpha value is -2.30. The third-order valence-corrected chi connectivity index (χ3v) is 2.78. The van der Waals surface area contributed by atoms with Crippen molar-refractivity contribution in [3.05, 3.63) is 47.7 Å². The van der Waals surface area contributed by atoms with Crippen LogP contribution in [0.15, 0.2) is 34.9 Å². The summed E-state index contributed by atoms with van der Waals surface area (Å²) in [4.78, 5) is 14.6. The highest BCUT2D eigenvalue weighted by atomic mass is 16.4. The van der Waals surface area contributed by atoms with Crippen molar-refractivity contribution in [3.8, 4) is 0 Å². The first-order valence-electron chi connectivity index (χ1n) is 6.08. The van der Waals surface area contributed by atoms with Gasteiger partial charge in [0.15, 0.2) is 0 Å². The zero-order chi connectivity index (χ0) is 13.8. The molecule has 2 rings (SSSR count). The lowest BCUT2D eigenvalue weighted by molar-refractivity contribution is 0.0660. The molecule has 0 atom stereocenters. The lowest BCUT2D eigenvalue weighted by Crippen LogP contribution is -2.03. The van der Waals surface area contributed by atoms with Crippen molar-refractivity contribution in [2.24, 2.45) is 0 Å². The Balaban J connectivity index is 2.08. The Morgan fingerprint density at radius 3 is 2.79 bits per heavy atom. The summed E-state index contributed by atoms with van der Waals surface area (Å²) < 4.78 is 5.09. The molecule has 1 aromatic carbocycles. The summed E-state index contributed by atoms with van der Waals surface area (Å²) in [7, 11) is 0. The van der Waals surface area contributed by atoms with Crippen LogP contribution in [0, 0.1) is 0 Å². The molecule has 2 aromatic rings. The fourth-order valence-corrected chi connectivity index (χ4v) is 1.82. The highest BCUT2D eigenvalue weighted by Gasteiger charge is 2.11. The van der Waals surface area contributed by atoms with E-state index in [4.69, 9.17) is 9.52 Å². The van der Waals surface area contributed by atoms with Gasteiger partial charge >= 0.3 is 5.97 Å². The van der Waals surface area contributed by atoms with Gasteiger partial charge in [0.25, 0.3) is 0 Å². The molecule has 0 aliphatic carbocycles. The van der Waals surface area contributed by atoms with Crippen molar-refractivity contribution in [3.63, 3.8) is 0 Å². The van der Waals surface area contributed by atoms with E-state index in [1.807, 2.05) is 18.2 Å². The van der Waals surface area contributed by atoms with Crippen molar-refractivity contribution < 1.29 is 14.3 Å². The number of aromatic carboxylic acids is 1. The topological polar surface area (TPSA) is 75.4 Å². The van der Waals surface area contributed by atoms with Crippen molar-refractivity contribution >= 4 is 11.7 Å². The minimum absolute atomic E-state index is 0.144. The molecular weight excluding hydrogens is 244 g/mol. The van der Waals surface area contributed by atoms with Crippen LogP contribution in [0.5, 0.6) is 0 Å². The number of hydrogen-bond acceptors (Lipinski definition) is 4. The number of aromatic nitrogens is 1. The third kappa shape index (κ3) is 3.13. The Morgan fingerprint density at radius 1 is 1.42 bits per heavy atom. The fraction of sp³-hybridized carbons (Fsp3) is 0.286. The number of benzene rings is 1. The standard InChI is InChI=1S/C14H16N2O3/c1-9(2)10-5-3-4-6-11(10)15-8-13-16-7-12(19-13)14(17)18/h3-7,9,15H,8H2,1-2H3,(H,17,18). The second-order valence-corrected chi connectivity index (χ2v) is 4.52. The first-order chi connectivity index (χ1) is 9.08. The molecule has 0 aliphatic rings. The van der Waals surface area contributed by atoms with Crippen LogP contribution in [0.1, 0.15) is 41.8 Å². The Bertz CT molecular complexity index is 576. The predicted molar refractivity (Wildman–Crippen MR) is 71.3 cm³/mol. The van der Waals surface area contributed by atoms with E-state index < -0.39 is 5.97 Å². The van der Waals surface area contributed by atoms with Crippen LogP contribution in [0.25, 0.3) is 0 Å². The van der Waals surface area contributed by atoms with Crippen LogP contribution in [0.4, 0.5) is 5.69 Å². The van der Waals surface area contributed by atoms with E-state index in [2.05, 4.69) is 30.2 Å². The molecule has 0 amide bonds. The van der Waals surface area contributed by atoms with E-state index >= 15 is 0 Å². The van der Waals surface area contributed by atoms with E-state index in [9.17, 15) is 4.79 Å². The van der Waals surface area contributed by atoms with Crippen LogP contribution in [-0.4, -0.2) is 16.1 Å². The van der Waals surface area contributed by atoms with Gasteiger partial charge in [-0.1, -0.05) is 32.0 Å². The molecule has 1 heterocycles. The molecule has 19 heavy (non-hydrogen) atoms. The van der Waals surface area contributed by atoms with Gasteiger partial charge in [0, 0.05) is 5.69 Å². The van der Waals surface area contributed by atoms with Crippen LogP contribution in [0.3, 0.4) is 0 Å². The molecule has 0 radical (unpaired) electrons. The van der Waals surface area contributed by atoms with E-state index in [0.29, 0.717) is 18.4 Å². The molecular formula is C14H16N2O3. The molecule has 0 unspecified atom stereocenters. The summed E-state index contributed by atoms with van der Waals surface area (Å²) in [6.07, 6.45) is 1.22. The third-order valence-electron chi connectivity index (χ3n) is 2.78. The number of nitrogens with zero attached hydrogens (tertiary/aromatic N) is 1. The van der Waals surface area contributed by atoms with Crippen molar-refractivity contribution in [2.45, 2.75) is 26.3 Å². The number of anilines is 1. The fourth-order valence-electron chi connectivity index (χ4n) is 1.82. The molecule has 5 heteroatoms. The second kappa shape index (κ2) is 5.56. The summed E-state index contributed by atoms with van der Waals surface area (Å²) >= 11 is 0. The number of carboxylic acids is 1.